The molecule has 2 amide bonds. The van der Waals surface area contributed by atoms with Gasteiger partial charge in [0.05, 0.1) is 19.2 Å². The maximum absolute atomic E-state index is 14.0. The van der Waals surface area contributed by atoms with Crippen molar-refractivity contribution in [1.82, 2.24) is 9.62 Å². The highest BCUT2D eigenvalue weighted by Gasteiger charge is 2.37. The number of nitrogens with zero attached hydrogens (tertiary/aromatic N) is 1. The van der Waals surface area contributed by atoms with Crippen LogP contribution in [0.25, 0.3) is 6.08 Å². The second kappa shape index (κ2) is 9.13. The van der Waals surface area contributed by atoms with Gasteiger partial charge < -0.3 is 14.8 Å². The van der Waals surface area contributed by atoms with Crippen LogP contribution >= 0.6 is 11.6 Å². The average Bonchev–Trinajstić information content (AvgIpc) is 2.89. The Morgan fingerprint density at radius 1 is 1.09 bits per heavy atom. The third kappa shape index (κ3) is 4.53. The number of amides is 2. The van der Waals surface area contributed by atoms with Crippen LogP contribution < -0.4 is 14.8 Å². The number of hydrogen-bond donors (Lipinski definition) is 1. The summed E-state index contributed by atoms with van der Waals surface area (Å²) in [5.74, 6) is -3.60. The molecule has 0 saturated carbocycles. The molecule has 1 aliphatic heterocycles. The Labute approximate surface area is 187 Å². The quantitative estimate of drug-likeness (QED) is 0.651. The summed E-state index contributed by atoms with van der Waals surface area (Å²) in [6.45, 7) is -1.18. The highest BCUT2D eigenvalue weighted by Crippen LogP contribution is 2.33. The fourth-order valence-electron chi connectivity index (χ4n) is 2.99. The van der Waals surface area contributed by atoms with E-state index in [0.717, 1.165) is 25.3 Å². The average molecular weight is 487 g/mol. The zero-order valence-electron chi connectivity index (χ0n) is 16.8. The number of ether oxygens (including phenoxy) is 2. The molecule has 0 bridgehead atoms. The number of carbonyl (C=O) groups excluding carboxylic acids is 2. The van der Waals surface area contributed by atoms with Crippen molar-refractivity contribution in [1.29, 1.82) is 0 Å². The third-order valence-electron chi connectivity index (χ3n) is 4.56. The summed E-state index contributed by atoms with van der Waals surface area (Å²) in [5.41, 5.74) is -0.0174. The molecule has 1 heterocycles. The van der Waals surface area contributed by atoms with Crippen LogP contribution in [0.1, 0.15) is 5.56 Å². The Morgan fingerprint density at radius 3 is 2.44 bits per heavy atom. The van der Waals surface area contributed by atoms with Crippen LogP contribution in [0.2, 0.25) is 5.02 Å². The largest absolute Gasteiger partial charge is 0.496 e. The molecule has 0 aliphatic carbocycles. The summed E-state index contributed by atoms with van der Waals surface area (Å²) in [5, 5.41) is 2.02. The van der Waals surface area contributed by atoms with E-state index in [1.165, 1.54) is 19.3 Å². The molecule has 8 nitrogen and oxygen atoms in total. The molecule has 2 aromatic rings. The molecule has 1 fully saturated rings. The maximum atomic E-state index is 14.0. The number of methoxy groups -OCH3 is 2. The van der Waals surface area contributed by atoms with E-state index in [9.17, 15) is 26.8 Å². The van der Waals surface area contributed by atoms with Crippen molar-refractivity contribution < 1.29 is 36.3 Å². The highest BCUT2D eigenvalue weighted by molar-refractivity contribution is 7.89. The van der Waals surface area contributed by atoms with Gasteiger partial charge in [0.15, 0.2) is 0 Å². The monoisotopic (exact) mass is 486 g/mol. The van der Waals surface area contributed by atoms with Gasteiger partial charge >= 0.3 is 0 Å². The minimum atomic E-state index is -4.75. The first-order valence-corrected chi connectivity index (χ1v) is 10.8. The van der Waals surface area contributed by atoms with Crippen LogP contribution in [0, 0.1) is 11.6 Å². The van der Waals surface area contributed by atoms with E-state index in [4.69, 9.17) is 21.1 Å². The summed E-state index contributed by atoms with van der Waals surface area (Å²) in [6, 6.07) is 5.11. The molecule has 1 N–H and O–H groups in total. The van der Waals surface area contributed by atoms with Crippen molar-refractivity contribution in [2.75, 3.05) is 27.3 Å². The molecular weight excluding hydrogens is 470 g/mol. The number of benzene rings is 2. The van der Waals surface area contributed by atoms with Gasteiger partial charge in [0.1, 0.15) is 34.6 Å². The topological polar surface area (TPSA) is 102 Å². The first-order chi connectivity index (χ1) is 15.1. The summed E-state index contributed by atoms with van der Waals surface area (Å²) in [4.78, 5) is 24.6. The van der Waals surface area contributed by atoms with E-state index >= 15 is 0 Å². The number of rotatable bonds is 5. The number of sulfonamides is 1. The van der Waals surface area contributed by atoms with Crippen molar-refractivity contribution >= 4 is 39.5 Å². The molecule has 170 valence electrons. The van der Waals surface area contributed by atoms with Crippen molar-refractivity contribution in [2.24, 2.45) is 0 Å². The van der Waals surface area contributed by atoms with Crippen LogP contribution in [0.15, 0.2) is 40.8 Å². The molecule has 1 aliphatic rings. The van der Waals surface area contributed by atoms with E-state index in [2.05, 4.69) is 5.32 Å². The Balaban J connectivity index is 2.13. The number of halogens is 3. The van der Waals surface area contributed by atoms with E-state index in [1.807, 2.05) is 0 Å². The third-order valence-corrected chi connectivity index (χ3v) is 6.60. The number of hydrogen-bond acceptors (Lipinski definition) is 6. The van der Waals surface area contributed by atoms with Gasteiger partial charge in [-0.15, -0.1) is 0 Å². The lowest BCUT2D eigenvalue weighted by atomic mass is 10.1. The fourth-order valence-corrected chi connectivity index (χ4v) is 4.65. The van der Waals surface area contributed by atoms with E-state index in [0.29, 0.717) is 6.07 Å². The Morgan fingerprint density at radius 2 is 1.78 bits per heavy atom. The summed E-state index contributed by atoms with van der Waals surface area (Å²) < 4.78 is 64.6. The number of carbonyl (C=O) groups is 2. The first-order valence-electron chi connectivity index (χ1n) is 8.99. The number of nitrogens with one attached hydrogen (secondary N) is 1. The lowest BCUT2D eigenvalue weighted by Crippen LogP contribution is -2.40. The van der Waals surface area contributed by atoms with Crippen molar-refractivity contribution in [3.05, 3.63) is 58.1 Å². The smallest absolute Gasteiger partial charge is 0.271 e. The molecule has 0 spiro atoms. The molecule has 3 rings (SSSR count). The molecular formula is C20H17ClF2N2O6S. The standard InChI is InChI=1S/C20H17ClF2N2O6S/c1-30-16-4-3-13(22)6-11(16)5-12-9-24-19(26)10-25(20(12)27)32(28,29)18-8-15(23)14(21)7-17(18)31-2/h3-8H,9-10H2,1-2H3,(H,24,26). The van der Waals surface area contributed by atoms with Crippen LogP contribution in [0.4, 0.5) is 8.78 Å². The van der Waals surface area contributed by atoms with Crippen molar-refractivity contribution in [3.63, 3.8) is 0 Å². The van der Waals surface area contributed by atoms with Gasteiger partial charge in [0.25, 0.3) is 15.9 Å². The molecule has 2 aromatic carbocycles. The molecule has 0 aromatic heterocycles. The van der Waals surface area contributed by atoms with Crippen LogP contribution in [-0.2, 0) is 19.6 Å². The second-order valence-electron chi connectivity index (χ2n) is 6.57. The highest BCUT2D eigenvalue weighted by atomic mass is 35.5. The second-order valence-corrected chi connectivity index (χ2v) is 8.80. The van der Waals surface area contributed by atoms with Crippen molar-refractivity contribution in [2.45, 2.75) is 4.90 Å². The van der Waals surface area contributed by atoms with Crippen LogP contribution in [0.5, 0.6) is 11.5 Å². The molecule has 32 heavy (non-hydrogen) atoms. The Hall–Kier alpha value is -3.18. The minimum absolute atomic E-state index is 0.152. The molecule has 12 heteroatoms. The summed E-state index contributed by atoms with van der Waals surface area (Å²) in [7, 11) is -2.27. The lowest BCUT2D eigenvalue weighted by Gasteiger charge is -2.21. The normalized spacial score (nSPS) is 16.0. The van der Waals surface area contributed by atoms with Gasteiger partial charge in [-0.1, -0.05) is 11.6 Å². The van der Waals surface area contributed by atoms with Gasteiger partial charge in [-0.2, -0.15) is 0 Å². The van der Waals surface area contributed by atoms with Gasteiger partial charge in [-0.3, -0.25) is 9.59 Å². The van der Waals surface area contributed by atoms with Crippen LogP contribution in [0.3, 0.4) is 0 Å². The Bertz CT molecular complexity index is 1230. The molecule has 0 atom stereocenters. The predicted molar refractivity (Wildman–Crippen MR) is 111 cm³/mol. The van der Waals surface area contributed by atoms with E-state index in [1.54, 1.807) is 0 Å². The van der Waals surface area contributed by atoms with Crippen LogP contribution in [-0.4, -0.2) is 51.8 Å². The zero-order chi connectivity index (χ0) is 23.6. The molecule has 0 unspecified atom stereocenters. The fraction of sp³-hybridized carbons (Fsp3) is 0.200. The first kappa shape index (κ1) is 23.5. The van der Waals surface area contributed by atoms with Gasteiger partial charge in [-0.05, 0) is 30.3 Å². The molecule has 1 saturated heterocycles. The zero-order valence-corrected chi connectivity index (χ0v) is 18.4. The van der Waals surface area contributed by atoms with Gasteiger partial charge in [0.2, 0.25) is 5.91 Å². The van der Waals surface area contributed by atoms with E-state index < -0.39 is 44.9 Å². The molecule has 0 radical (unpaired) electrons. The summed E-state index contributed by atoms with van der Waals surface area (Å²) in [6.07, 6.45) is 1.21. The van der Waals surface area contributed by atoms with E-state index in [-0.39, 0.29) is 38.5 Å². The minimum Gasteiger partial charge on any atom is -0.496 e. The maximum Gasteiger partial charge on any atom is 0.271 e. The summed E-state index contributed by atoms with van der Waals surface area (Å²) >= 11 is 5.69. The van der Waals surface area contributed by atoms with Gasteiger partial charge in [-0.25, -0.2) is 21.5 Å². The van der Waals surface area contributed by atoms with Gasteiger partial charge in [0, 0.05) is 23.7 Å². The lowest BCUT2D eigenvalue weighted by molar-refractivity contribution is -0.127. The Kier molecular flexibility index (Phi) is 6.70. The SMILES string of the molecule is COc1ccc(F)cc1C=C1CNC(=O)CN(S(=O)(=O)c2cc(F)c(Cl)cc2OC)C1=O. The predicted octanol–water partition coefficient (Wildman–Crippen LogP) is 2.37. The van der Waals surface area contributed by atoms with Crippen molar-refractivity contribution in [3.8, 4) is 11.5 Å².